The highest BCUT2D eigenvalue weighted by atomic mass is 32.1. The number of ether oxygens (including phenoxy) is 1. The predicted octanol–water partition coefficient (Wildman–Crippen LogP) is 5.09. The molecule has 0 aliphatic carbocycles. The van der Waals surface area contributed by atoms with Gasteiger partial charge < -0.3 is 25.2 Å². The van der Waals surface area contributed by atoms with Gasteiger partial charge in [-0.25, -0.2) is 9.78 Å². The molecule has 1 atom stereocenters. The molecule has 210 valence electrons. The van der Waals surface area contributed by atoms with E-state index in [9.17, 15) is 9.90 Å². The SMILES string of the molecule is COc1ccc2c(/C=C/C(=O)O)ccc(C(O)CN3CCC(NCc4ccc(C#Cc5ccccc5)s4)CC3)c2n1. The summed E-state index contributed by atoms with van der Waals surface area (Å²) in [4.78, 5) is 20.3. The van der Waals surface area contributed by atoms with Gasteiger partial charge >= 0.3 is 5.97 Å². The number of fused-ring (bicyclic) bond motifs is 1. The number of aliphatic hydroxyl groups is 1. The summed E-state index contributed by atoms with van der Waals surface area (Å²) in [6, 6.07) is 21.9. The van der Waals surface area contributed by atoms with Gasteiger partial charge in [0.05, 0.1) is 23.6 Å². The van der Waals surface area contributed by atoms with Crippen molar-refractivity contribution in [3.8, 4) is 17.7 Å². The lowest BCUT2D eigenvalue weighted by Crippen LogP contribution is -2.43. The zero-order chi connectivity index (χ0) is 28.6. The van der Waals surface area contributed by atoms with Gasteiger partial charge in [0.1, 0.15) is 0 Å². The number of carbonyl (C=O) groups is 1. The lowest BCUT2D eigenvalue weighted by molar-refractivity contribution is -0.131. The first-order valence-corrected chi connectivity index (χ1v) is 14.5. The number of nitrogens with zero attached hydrogens (tertiary/aromatic N) is 2. The minimum atomic E-state index is -1.02. The van der Waals surface area contributed by atoms with Crippen LogP contribution in [0.2, 0.25) is 0 Å². The Morgan fingerprint density at radius 1 is 1.12 bits per heavy atom. The maximum atomic E-state index is 11.2. The number of benzene rings is 2. The topological polar surface area (TPSA) is 94.9 Å². The third-order valence-corrected chi connectivity index (χ3v) is 8.22. The summed E-state index contributed by atoms with van der Waals surface area (Å²) < 4.78 is 5.32. The fourth-order valence-corrected chi connectivity index (χ4v) is 5.85. The van der Waals surface area contributed by atoms with E-state index < -0.39 is 12.1 Å². The molecule has 0 saturated carbocycles. The van der Waals surface area contributed by atoms with Crippen LogP contribution in [0.1, 0.15) is 45.4 Å². The Labute approximate surface area is 244 Å². The zero-order valence-electron chi connectivity index (χ0n) is 22.9. The van der Waals surface area contributed by atoms with Crippen molar-refractivity contribution < 1.29 is 19.7 Å². The number of methoxy groups -OCH3 is 1. The van der Waals surface area contributed by atoms with Gasteiger partial charge in [0.15, 0.2) is 0 Å². The summed E-state index contributed by atoms with van der Waals surface area (Å²) in [6.45, 7) is 3.11. The number of β-amino-alcohol motifs (C(OH)–C–C–N with tert-alkyl or cyclic N) is 1. The molecule has 8 heteroatoms. The number of aliphatic carboxylic acids is 1. The maximum absolute atomic E-state index is 11.2. The summed E-state index contributed by atoms with van der Waals surface area (Å²) in [5.41, 5.74) is 3.06. The highest BCUT2D eigenvalue weighted by molar-refractivity contribution is 7.12. The number of thiophene rings is 1. The Hall–Kier alpha value is -4.00. The molecule has 1 aliphatic heterocycles. The molecule has 3 N–H and O–H groups in total. The van der Waals surface area contributed by atoms with Crippen LogP contribution in [0.5, 0.6) is 5.88 Å². The minimum Gasteiger partial charge on any atom is -0.481 e. The highest BCUT2D eigenvalue weighted by Crippen LogP contribution is 2.30. The summed E-state index contributed by atoms with van der Waals surface area (Å²) in [7, 11) is 1.55. The minimum absolute atomic E-state index is 0.427. The van der Waals surface area contributed by atoms with Crippen molar-refractivity contribution in [3.63, 3.8) is 0 Å². The molecule has 1 aliphatic rings. The molecule has 0 amide bonds. The third-order valence-electron chi connectivity index (χ3n) is 7.22. The van der Waals surface area contributed by atoms with E-state index in [0.29, 0.717) is 29.5 Å². The van der Waals surface area contributed by atoms with E-state index in [0.717, 1.165) is 59.9 Å². The van der Waals surface area contributed by atoms with Crippen LogP contribution in [-0.2, 0) is 11.3 Å². The highest BCUT2D eigenvalue weighted by Gasteiger charge is 2.23. The Morgan fingerprint density at radius 2 is 1.93 bits per heavy atom. The molecule has 5 rings (SSSR count). The van der Waals surface area contributed by atoms with Crippen LogP contribution < -0.4 is 10.1 Å². The molecule has 1 saturated heterocycles. The molecule has 1 fully saturated rings. The average molecular weight is 568 g/mol. The number of hydrogen-bond donors (Lipinski definition) is 3. The van der Waals surface area contributed by atoms with E-state index in [4.69, 9.17) is 9.84 Å². The molecule has 2 aromatic carbocycles. The fraction of sp³-hybridized carbons (Fsp3) is 0.273. The van der Waals surface area contributed by atoms with E-state index in [1.807, 2.05) is 48.5 Å². The number of rotatable bonds is 9. The zero-order valence-corrected chi connectivity index (χ0v) is 23.7. The second-order valence-corrected chi connectivity index (χ2v) is 11.2. The molecular weight excluding hydrogens is 534 g/mol. The molecule has 0 radical (unpaired) electrons. The van der Waals surface area contributed by atoms with Gasteiger partial charge in [0.25, 0.3) is 0 Å². The van der Waals surface area contributed by atoms with Gasteiger partial charge in [-0.1, -0.05) is 42.2 Å². The van der Waals surface area contributed by atoms with E-state index in [1.165, 1.54) is 4.88 Å². The number of likely N-dealkylation sites (tertiary alicyclic amines) is 1. The number of carboxylic acid groups (broad SMARTS) is 1. The molecule has 3 heterocycles. The first kappa shape index (κ1) is 28.5. The number of nitrogens with one attached hydrogen (secondary N) is 1. The molecule has 4 aromatic rings. The molecule has 0 bridgehead atoms. The van der Waals surface area contributed by atoms with E-state index in [2.05, 4.69) is 39.2 Å². The number of hydrogen-bond acceptors (Lipinski definition) is 7. The fourth-order valence-electron chi connectivity index (χ4n) is 5.03. The van der Waals surface area contributed by atoms with Gasteiger partial charge in [-0.2, -0.15) is 0 Å². The van der Waals surface area contributed by atoms with Crippen molar-refractivity contribution in [2.75, 3.05) is 26.7 Å². The van der Waals surface area contributed by atoms with Crippen molar-refractivity contribution >= 4 is 34.3 Å². The third kappa shape index (κ3) is 7.60. The summed E-state index contributed by atoms with van der Waals surface area (Å²) in [5, 5.41) is 24.7. The van der Waals surface area contributed by atoms with Gasteiger partial charge in [-0.05, 0) is 67.9 Å². The summed E-state index contributed by atoms with van der Waals surface area (Å²) >= 11 is 1.73. The van der Waals surface area contributed by atoms with Crippen molar-refractivity contribution in [1.82, 2.24) is 15.2 Å². The Kier molecular flexibility index (Phi) is 9.44. The predicted molar refractivity (Wildman–Crippen MR) is 163 cm³/mol. The number of pyridine rings is 1. The smallest absolute Gasteiger partial charge is 0.328 e. The van der Waals surface area contributed by atoms with Crippen LogP contribution in [0.3, 0.4) is 0 Å². The largest absolute Gasteiger partial charge is 0.481 e. The van der Waals surface area contributed by atoms with Gasteiger partial charge in [0, 0.05) is 52.7 Å². The summed E-state index contributed by atoms with van der Waals surface area (Å²) in [6.07, 6.45) is 3.92. The molecule has 2 aromatic heterocycles. The average Bonchev–Trinajstić information content (AvgIpc) is 3.46. The number of aromatic nitrogens is 1. The van der Waals surface area contributed by atoms with Crippen molar-refractivity contribution in [2.45, 2.75) is 31.5 Å². The van der Waals surface area contributed by atoms with Gasteiger partial charge in [-0.15, -0.1) is 11.3 Å². The first-order chi connectivity index (χ1) is 20.0. The Bertz CT molecular complexity index is 1580. The van der Waals surface area contributed by atoms with Crippen LogP contribution >= 0.6 is 11.3 Å². The monoisotopic (exact) mass is 567 g/mol. The Balaban J connectivity index is 1.15. The van der Waals surface area contributed by atoms with Crippen LogP contribution in [0.4, 0.5) is 0 Å². The number of piperidine rings is 1. The quantitative estimate of drug-likeness (QED) is 0.192. The number of aliphatic hydroxyl groups excluding tert-OH is 1. The second-order valence-electron chi connectivity index (χ2n) is 10.0. The van der Waals surface area contributed by atoms with Gasteiger partial charge in [0.2, 0.25) is 5.88 Å². The van der Waals surface area contributed by atoms with Crippen molar-refractivity contribution in [1.29, 1.82) is 0 Å². The van der Waals surface area contributed by atoms with Crippen LogP contribution in [0.25, 0.3) is 17.0 Å². The molecular formula is C33H33N3O4S. The van der Waals surface area contributed by atoms with E-state index in [1.54, 1.807) is 30.6 Å². The molecule has 1 unspecified atom stereocenters. The van der Waals surface area contributed by atoms with Crippen LogP contribution in [0, 0.1) is 11.8 Å². The first-order valence-electron chi connectivity index (χ1n) is 13.7. The molecule has 7 nitrogen and oxygen atoms in total. The van der Waals surface area contributed by atoms with Crippen LogP contribution in [-0.4, -0.2) is 58.9 Å². The lowest BCUT2D eigenvalue weighted by atomic mass is 9.98. The van der Waals surface area contributed by atoms with E-state index in [-0.39, 0.29) is 0 Å². The molecule has 41 heavy (non-hydrogen) atoms. The van der Waals surface area contributed by atoms with Gasteiger partial charge in [-0.3, -0.25) is 0 Å². The summed E-state index contributed by atoms with van der Waals surface area (Å²) in [5.74, 6) is 5.90. The van der Waals surface area contributed by atoms with Crippen molar-refractivity contribution in [2.24, 2.45) is 0 Å². The van der Waals surface area contributed by atoms with Crippen molar-refractivity contribution in [3.05, 3.63) is 99.3 Å². The standard InChI is InChI=1S/C33H33N3O4S/c1-40-31-15-14-28-24(9-16-32(38)39)8-13-29(33(28)35-31)30(37)22-36-19-17-25(18-20-36)34-21-27-12-11-26(41-27)10-7-23-5-3-2-4-6-23/h2-6,8-9,11-16,25,30,34,37H,17-22H2,1H3,(H,38,39)/b16-9+. The second kappa shape index (κ2) is 13.6. The van der Waals surface area contributed by atoms with Crippen LogP contribution in [0.15, 0.2) is 72.8 Å². The normalized spacial score (nSPS) is 15.1. The lowest BCUT2D eigenvalue weighted by Gasteiger charge is -2.33. The number of carboxylic acids is 1. The molecule has 0 spiro atoms. The Morgan fingerprint density at radius 3 is 2.68 bits per heavy atom. The van der Waals surface area contributed by atoms with E-state index >= 15 is 0 Å². The maximum Gasteiger partial charge on any atom is 0.328 e.